The van der Waals surface area contributed by atoms with Crippen LogP contribution in [0.25, 0.3) is 0 Å². The topological polar surface area (TPSA) is 62.9 Å². The molecule has 5 heteroatoms. The van der Waals surface area contributed by atoms with Crippen LogP contribution in [0.4, 0.5) is 0 Å². The predicted octanol–water partition coefficient (Wildman–Crippen LogP) is 4.10. The zero-order valence-corrected chi connectivity index (χ0v) is 18.2. The molecule has 3 aromatic carbocycles. The second kappa shape index (κ2) is 11.9. The summed E-state index contributed by atoms with van der Waals surface area (Å²) in [4.78, 5) is 0. The van der Waals surface area contributed by atoms with Gasteiger partial charge in [0, 0.05) is 0 Å². The van der Waals surface area contributed by atoms with E-state index in [0.29, 0.717) is 33.0 Å². The standard InChI is InChI=1S/C27H31NO4/c28-24-19-30-25(20-29-16-21-10-4-1-5-11-21)27(32-18-23-14-8-3-9-15-23)26(24)31-17-22-12-6-2-7-13-22/h1-15,24-27H,16-20,28H2/t24-,25?,26?,27?/m1/s1. The molecule has 168 valence electrons. The summed E-state index contributed by atoms with van der Waals surface area (Å²) >= 11 is 0. The molecule has 0 spiro atoms. The van der Waals surface area contributed by atoms with Crippen molar-refractivity contribution in [1.82, 2.24) is 0 Å². The first-order valence-corrected chi connectivity index (χ1v) is 11.1. The van der Waals surface area contributed by atoms with Crippen LogP contribution in [0.5, 0.6) is 0 Å². The minimum Gasteiger partial charge on any atom is -0.374 e. The van der Waals surface area contributed by atoms with Crippen LogP contribution >= 0.6 is 0 Å². The van der Waals surface area contributed by atoms with Crippen molar-refractivity contribution < 1.29 is 18.9 Å². The first-order valence-electron chi connectivity index (χ1n) is 11.1. The molecule has 3 aromatic rings. The van der Waals surface area contributed by atoms with Crippen LogP contribution in [-0.4, -0.2) is 37.6 Å². The molecule has 0 radical (unpaired) electrons. The van der Waals surface area contributed by atoms with Gasteiger partial charge in [-0.15, -0.1) is 0 Å². The molecule has 2 N–H and O–H groups in total. The molecule has 32 heavy (non-hydrogen) atoms. The molecule has 1 aliphatic rings. The van der Waals surface area contributed by atoms with Gasteiger partial charge < -0.3 is 24.7 Å². The van der Waals surface area contributed by atoms with Gasteiger partial charge in [-0.1, -0.05) is 91.0 Å². The van der Waals surface area contributed by atoms with Gasteiger partial charge in [-0.05, 0) is 16.7 Å². The number of hydrogen-bond acceptors (Lipinski definition) is 5. The molecule has 4 rings (SSSR count). The lowest BCUT2D eigenvalue weighted by molar-refractivity contribution is -0.204. The Hall–Kier alpha value is -2.54. The molecule has 3 unspecified atom stereocenters. The maximum atomic E-state index is 6.41. The highest BCUT2D eigenvalue weighted by atomic mass is 16.6. The molecule has 0 aromatic heterocycles. The van der Waals surface area contributed by atoms with Crippen molar-refractivity contribution in [2.24, 2.45) is 5.73 Å². The van der Waals surface area contributed by atoms with E-state index in [1.165, 1.54) is 0 Å². The Morgan fingerprint density at radius 2 is 1.12 bits per heavy atom. The third kappa shape index (κ3) is 6.48. The smallest absolute Gasteiger partial charge is 0.114 e. The average Bonchev–Trinajstić information content (AvgIpc) is 2.85. The fourth-order valence-corrected chi connectivity index (χ4v) is 3.84. The second-order valence-corrected chi connectivity index (χ2v) is 8.06. The third-order valence-electron chi connectivity index (χ3n) is 5.58. The lowest BCUT2D eigenvalue weighted by Gasteiger charge is -2.41. The summed E-state index contributed by atoms with van der Waals surface area (Å²) in [5.74, 6) is 0. The Morgan fingerprint density at radius 3 is 1.66 bits per heavy atom. The van der Waals surface area contributed by atoms with Gasteiger partial charge >= 0.3 is 0 Å². The number of nitrogens with two attached hydrogens (primary N) is 1. The summed E-state index contributed by atoms with van der Waals surface area (Å²) < 4.78 is 24.7. The summed E-state index contributed by atoms with van der Waals surface area (Å²) in [6, 6.07) is 30.0. The number of benzene rings is 3. The molecule has 0 aliphatic carbocycles. The predicted molar refractivity (Wildman–Crippen MR) is 124 cm³/mol. The average molecular weight is 434 g/mol. The Bertz CT molecular complexity index is 907. The highest BCUT2D eigenvalue weighted by Gasteiger charge is 2.41. The van der Waals surface area contributed by atoms with Crippen molar-refractivity contribution in [2.45, 2.75) is 44.2 Å². The quantitative estimate of drug-likeness (QED) is 0.522. The van der Waals surface area contributed by atoms with Crippen molar-refractivity contribution >= 4 is 0 Å². The van der Waals surface area contributed by atoms with Crippen LogP contribution in [0.15, 0.2) is 91.0 Å². The summed E-state index contributed by atoms with van der Waals surface area (Å²) in [5, 5.41) is 0. The van der Waals surface area contributed by atoms with Gasteiger partial charge in [0.1, 0.15) is 18.3 Å². The van der Waals surface area contributed by atoms with Gasteiger partial charge in [-0.2, -0.15) is 0 Å². The van der Waals surface area contributed by atoms with Crippen LogP contribution in [0.3, 0.4) is 0 Å². The molecule has 4 atom stereocenters. The Labute approximate surface area is 190 Å². The Kier molecular flexibility index (Phi) is 8.42. The summed E-state index contributed by atoms with van der Waals surface area (Å²) in [6.45, 7) is 2.27. The van der Waals surface area contributed by atoms with E-state index >= 15 is 0 Å². The van der Waals surface area contributed by atoms with Crippen LogP contribution in [0, 0.1) is 0 Å². The lowest BCUT2D eigenvalue weighted by atomic mass is 9.98. The van der Waals surface area contributed by atoms with E-state index in [1.807, 2.05) is 91.0 Å². The maximum Gasteiger partial charge on any atom is 0.114 e. The van der Waals surface area contributed by atoms with E-state index in [-0.39, 0.29) is 24.4 Å². The first kappa shape index (κ1) is 22.6. The van der Waals surface area contributed by atoms with Crippen molar-refractivity contribution in [2.75, 3.05) is 13.2 Å². The van der Waals surface area contributed by atoms with E-state index in [9.17, 15) is 0 Å². The van der Waals surface area contributed by atoms with E-state index in [0.717, 1.165) is 16.7 Å². The molecular weight excluding hydrogens is 402 g/mol. The number of hydrogen-bond donors (Lipinski definition) is 1. The van der Waals surface area contributed by atoms with Gasteiger partial charge in [0.2, 0.25) is 0 Å². The highest BCUT2D eigenvalue weighted by molar-refractivity contribution is 5.15. The number of rotatable bonds is 10. The zero-order valence-electron chi connectivity index (χ0n) is 18.2. The van der Waals surface area contributed by atoms with Crippen LogP contribution in [0.1, 0.15) is 16.7 Å². The molecule has 1 heterocycles. The van der Waals surface area contributed by atoms with Crippen LogP contribution in [-0.2, 0) is 38.8 Å². The molecule has 1 saturated heterocycles. The molecule has 0 saturated carbocycles. The van der Waals surface area contributed by atoms with Gasteiger partial charge in [-0.25, -0.2) is 0 Å². The van der Waals surface area contributed by atoms with E-state index in [4.69, 9.17) is 24.7 Å². The summed E-state index contributed by atoms with van der Waals surface area (Å²) in [6.07, 6.45) is -0.889. The minimum absolute atomic E-state index is 0.261. The van der Waals surface area contributed by atoms with E-state index in [1.54, 1.807) is 0 Å². The molecular formula is C27H31NO4. The second-order valence-electron chi connectivity index (χ2n) is 8.06. The summed E-state index contributed by atoms with van der Waals surface area (Å²) in [7, 11) is 0. The van der Waals surface area contributed by atoms with Crippen molar-refractivity contribution in [3.05, 3.63) is 108 Å². The SMILES string of the molecule is N[C@@H]1COC(COCc2ccccc2)C(OCc2ccccc2)C1OCc1ccccc1. The third-order valence-corrected chi connectivity index (χ3v) is 5.58. The Balaban J connectivity index is 1.42. The van der Waals surface area contributed by atoms with Gasteiger partial charge in [0.15, 0.2) is 0 Å². The monoisotopic (exact) mass is 433 g/mol. The molecule has 5 nitrogen and oxygen atoms in total. The normalized spacial score (nSPS) is 23.2. The Morgan fingerprint density at radius 1 is 0.656 bits per heavy atom. The van der Waals surface area contributed by atoms with Gasteiger partial charge in [0.25, 0.3) is 0 Å². The van der Waals surface area contributed by atoms with Crippen molar-refractivity contribution in [3.63, 3.8) is 0 Å². The number of ether oxygens (including phenoxy) is 4. The van der Waals surface area contributed by atoms with Gasteiger partial charge in [0.05, 0.1) is 39.1 Å². The van der Waals surface area contributed by atoms with Crippen LogP contribution < -0.4 is 5.73 Å². The fraction of sp³-hybridized carbons (Fsp3) is 0.333. The molecule has 0 amide bonds. The lowest BCUT2D eigenvalue weighted by Crippen LogP contribution is -2.59. The van der Waals surface area contributed by atoms with E-state index in [2.05, 4.69) is 0 Å². The zero-order chi connectivity index (χ0) is 22.0. The highest BCUT2D eigenvalue weighted by Crippen LogP contribution is 2.24. The summed E-state index contributed by atoms with van der Waals surface area (Å²) in [5.41, 5.74) is 9.73. The van der Waals surface area contributed by atoms with E-state index < -0.39 is 0 Å². The first-order chi connectivity index (χ1) is 15.8. The van der Waals surface area contributed by atoms with Crippen LogP contribution in [0.2, 0.25) is 0 Å². The fourth-order valence-electron chi connectivity index (χ4n) is 3.84. The maximum absolute atomic E-state index is 6.41. The molecule has 0 bridgehead atoms. The van der Waals surface area contributed by atoms with Crippen molar-refractivity contribution in [1.29, 1.82) is 0 Å². The minimum atomic E-state index is -0.335. The molecule has 1 fully saturated rings. The largest absolute Gasteiger partial charge is 0.374 e. The van der Waals surface area contributed by atoms with Gasteiger partial charge in [-0.3, -0.25) is 0 Å². The molecule has 1 aliphatic heterocycles. The van der Waals surface area contributed by atoms with Crippen molar-refractivity contribution in [3.8, 4) is 0 Å².